The van der Waals surface area contributed by atoms with Gasteiger partial charge in [-0.25, -0.2) is 4.39 Å². The Labute approximate surface area is 111 Å². The molecule has 1 atom stereocenters. The Morgan fingerprint density at radius 1 is 1.35 bits per heavy atom. The summed E-state index contributed by atoms with van der Waals surface area (Å²) in [6, 6.07) is 2.73. The number of nitrogens with two attached hydrogens (primary N) is 1. The highest BCUT2D eigenvalue weighted by Crippen LogP contribution is 2.40. The zero-order chi connectivity index (χ0) is 15.1. The Bertz CT molecular complexity index is 571. The van der Waals surface area contributed by atoms with Crippen molar-refractivity contribution in [2.24, 2.45) is 11.7 Å². The average Bonchev–Trinajstić information content (AvgIpc) is 2.69. The first-order valence-corrected chi connectivity index (χ1v) is 5.67. The minimum absolute atomic E-state index is 0.275. The van der Waals surface area contributed by atoms with Crippen molar-refractivity contribution < 1.29 is 27.2 Å². The first kappa shape index (κ1) is 14.3. The Hall–Kier alpha value is -2.12. The number of carbonyl (C=O) groups is 2. The average molecular weight is 290 g/mol. The van der Waals surface area contributed by atoms with Crippen LogP contribution in [-0.4, -0.2) is 18.4 Å². The van der Waals surface area contributed by atoms with E-state index in [-0.39, 0.29) is 13.0 Å². The molecular formula is C12H10F4N2O2. The summed E-state index contributed by atoms with van der Waals surface area (Å²) in [6.45, 7) is -0.277. The molecule has 1 aliphatic heterocycles. The van der Waals surface area contributed by atoms with Gasteiger partial charge in [0.15, 0.2) is 0 Å². The molecule has 4 nitrogen and oxygen atoms in total. The lowest BCUT2D eigenvalue weighted by Crippen LogP contribution is -2.30. The minimum atomic E-state index is -4.94. The maximum absolute atomic E-state index is 13.4. The number of hydrogen-bond donors (Lipinski definition) is 1. The molecule has 0 bridgehead atoms. The van der Waals surface area contributed by atoms with Crippen LogP contribution in [0.15, 0.2) is 18.2 Å². The van der Waals surface area contributed by atoms with Gasteiger partial charge in [0.25, 0.3) is 0 Å². The summed E-state index contributed by atoms with van der Waals surface area (Å²) in [5.41, 5.74) is 2.93. The van der Waals surface area contributed by atoms with Gasteiger partial charge >= 0.3 is 6.18 Å². The number of halogens is 4. The molecule has 0 spiro atoms. The second kappa shape index (κ2) is 4.77. The molecule has 1 heterocycles. The van der Waals surface area contributed by atoms with Gasteiger partial charge in [0, 0.05) is 13.0 Å². The molecule has 2 amide bonds. The fraction of sp³-hybridized carbons (Fsp3) is 0.333. The predicted molar refractivity (Wildman–Crippen MR) is 61.1 cm³/mol. The summed E-state index contributed by atoms with van der Waals surface area (Å²) >= 11 is 0. The molecule has 108 valence electrons. The van der Waals surface area contributed by atoms with E-state index in [1.165, 1.54) is 0 Å². The molecule has 1 fully saturated rings. The summed E-state index contributed by atoms with van der Waals surface area (Å²) in [4.78, 5) is 23.5. The summed E-state index contributed by atoms with van der Waals surface area (Å²) in [5.74, 6) is -3.80. The van der Waals surface area contributed by atoms with Crippen molar-refractivity contribution in [1.82, 2.24) is 0 Å². The van der Waals surface area contributed by atoms with Gasteiger partial charge < -0.3 is 10.6 Å². The van der Waals surface area contributed by atoms with Gasteiger partial charge in [-0.1, -0.05) is 6.07 Å². The number of rotatable bonds is 2. The quantitative estimate of drug-likeness (QED) is 0.842. The molecule has 0 aliphatic carbocycles. The molecule has 1 saturated heterocycles. The number of alkyl halides is 3. The smallest absolute Gasteiger partial charge is 0.369 e. The molecule has 0 saturated carbocycles. The Morgan fingerprint density at radius 2 is 2.00 bits per heavy atom. The van der Waals surface area contributed by atoms with Crippen LogP contribution in [0, 0.1) is 11.7 Å². The van der Waals surface area contributed by atoms with Crippen LogP contribution >= 0.6 is 0 Å². The van der Waals surface area contributed by atoms with Crippen LogP contribution in [0.3, 0.4) is 0 Å². The highest BCUT2D eigenvalue weighted by Gasteiger charge is 2.42. The highest BCUT2D eigenvalue weighted by atomic mass is 19.4. The fourth-order valence-electron chi connectivity index (χ4n) is 2.15. The van der Waals surface area contributed by atoms with E-state index in [4.69, 9.17) is 5.73 Å². The molecule has 1 aliphatic rings. The Kier molecular flexibility index (Phi) is 3.41. The maximum atomic E-state index is 13.4. The summed E-state index contributed by atoms with van der Waals surface area (Å²) in [6.07, 6.45) is -5.21. The van der Waals surface area contributed by atoms with Gasteiger partial charge in [-0.3, -0.25) is 9.59 Å². The predicted octanol–water partition coefficient (Wildman–Crippen LogP) is 1.68. The lowest BCUT2D eigenvalue weighted by Gasteiger charge is -2.21. The van der Waals surface area contributed by atoms with Crippen molar-refractivity contribution in [1.29, 1.82) is 0 Å². The molecule has 20 heavy (non-hydrogen) atoms. The monoisotopic (exact) mass is 290 g/mol. The largest absolute Gasteiger partial charge is 0.421 e. The van der Waals surface area contributed by atoms with Gasteiger partial charge in [0.1, 0.15) is 11.4 Å². The van der Waals surface area contributed by atoms with Crippen molar-refractivity contribution in [2.45, 2.75) is 12.6 Å². The Morgan fingerprint density at radius 3 is 2.50 bits per heavy atom. The third-order valence-electron chi connectivity index (χ3n) is 3.09. The summed E-state index contributed by atoms with van der Waals surface area (Å²) in [7, 11) is 0. The minimum Gasteiger partial charge on any atom is -0.369 e. The van der Waals surface area contributed by atoms with Crippen LogP contribution in [0.2, 0.25) is 0 Å². The number of amides is 2. The van der Waals surface area contributed by atoms with Gasteiger partial charge in [-0.15, -0.1) is 0 Å². The van der Waals surface area contributed by atoms with Crippen molar-refractivity contribution in [3.05, 3.63) is 29.6 Å². The van der Waals surface area contributed by atoms with Crippen LogP contribution < -0.4 is 10.6 Å². The second-order valence-electron chi connectivity index (χ2n) is 4.44. The molecule has 2 N–H and O–H groups in total. The van der Waals surface area contributed by atoms with Gasteiger partial charge in [-0.2, -0.15) is 13.2 Å². The Balaban J connectivity index is 2.47. The van der Waals surface area contributed by atoms with E-state index in [0.29, 0.717) is 6.07 Å². The lowest BCUT2D eigenvalue weighted by molar-refractivity contribution is -0.139. The number of carbonyl (C=O) groups excluding carboxylic acids is 2. The van der Waals surface area contributed by atoms with Crippen molar-refractivity contribution >= 4 is 17.5 Å². The van der Waals surface area contributed by atoms with Gasteiger partial charge in [0.2, 0.25) is 11.8 Å². The molecular weight excluding hydrogens is 280 g/mol. The lowest BCUT2D eigenvalue weighted by atomic mass is 10.1. The van der Waals surface area contributed by atoms with E-state index in [9.17, 15) is 27.2 Å². The van der Waals surface area contributed by atoms with Gasteiger partial charge in [-0.05, 0) is 12.1 Å². The van der Waals surface area contributed by atoms with Crippen molar-refractivity contribution in [3.63, 3.8) is 0 Å². The first-order valence-electron chi connectivity index (χ1n) is 5.67. The number of anilines is 1. The van der Waals surface area contributed by atoms with Crippen LogP contribution in [0.5, 0.6) is 0 Å². The fourth-order valence-corrected chi connectivity index (χ4v) is 2.15. The molecule has 0 aromatic heterocycles. The van der Waals surface area contributed by atoms with E-state index in [0.717, 1.165) is 17.0 Å². The molecule has 1 unspecified atom stereocenters. The maximum Gasteiger partial charge on any atom is 0.421 e. The first-order chi connectivity index (χ1) is 9.21. The second-order valence-corrected chi connectivity index (χ2v) is 4.44. The van der Waals surface area contributed by atoms with Crippen LogP contribution in [-0.2, 0) is 15.8 Å². The van der Waals surface area contributed by atoms with E-state index in [2.05, 4.69) is 0 Å². The third-order valence-corrected chi connectivity index (χ3v) is 3.09. The molecule has 1 aromatic rings. The van der Waals surface area contributed by atoms with E-state index < -0.39 is 41.0 Å². The summed E-state index contributed by atoms with van der Waals surface area (Å²) < 4.78 is 52.1. The van der Waals surface area contributed by atoms with E-state index in [1.807, 2.05) is 0 Å². The highest BCUT2D eigenvalue weighted by molar-refractivity contribution is 6.00. The number of benzene rings is 1. The van der Waals surface area contributed by atoms with Crippen LogP contribution in [0.1, 0.15) is 12.0 Å². The van der Waals surface area contributed by atoms with Gasteiger partial charge in [0.05, 0.1) is 11.6 Å². The normalized spacial score (nSPS) is 19.5. The van der Waals surface area contributed by atoms with Crippen LogP contribution in [0.25, 0.3) is 0 Å². The molecule has 0 radical (unpaired) electrons. The topological polar surface area (TPSA) is 63.4 Å². The summed E-state index contributed by atoms with van der Waals surface area (Å²) in [5, 5.41) is 0. The molecule has 1 aromatic carbocycles. The standard InChI is InChI=1S/C12H10F4N2O2/c13-7-2-1-3-8(10(7)12(14,15)16)18-5-6(11(17)20)4-9(18)19/h1-3,6H,4-5H2,(H2,17,20). The van der Waals surface area contributed by atoms with E-state index >= 15 is 0 Å². The molecule has 8 heteroatoms. The SMILES string of the molecule is NC(=O)C1CC(=O)N(c2cccc(F)c2C(F)(F)F)C1. The number of primary amides is 1. The third kappa shape index (κ3) is 2.45. The van der Waals surface area contributed by atoms with E-state index in [1.54, 1.807) is 0 Å². The zero-order valence-corrected chi connectivity index (χ0v) is 10.1. The van der Waals surface area contributed by atoms with Crippen molar-refractivity contribution in [2.75, 3.05) is 11.4 Å². The van der Waals surface area contributed by atoms with Crippen molar-refractivity contribution in [3.8, 4) is 0 Å². The van der Waals surface area contributed by atoms with Crippen LogP contribution in [0.4, 0.5) is 23.2 Å². The molecule has 2 rings (SSSR count). The number of nitrogens with zero attached hydrogens (tertiary/aromatic N) is 1. The zero-order valence-electron chi connectivity index (χ0n) is 10.1. The number of hydrogen-bond acceptors (Lipinski definition) is 2.